The maximum atomic E-state index is 12.9. The molecule has 1 aliphatic rings. The SMILES string of the molecule is O=C(NCC1CCCO1)c1nc(CCS(=O)(=O)c2ccc(F)cc2)no1. The first kappa shape index (κ1) is 18.5. The lowest BCUT2D eigenvalue weighted by atomic mass is 10.2. The maximum absolute atomic E-state index is 12.9. The van der Waals surface area contributed by atoms with Crippen LogP contribution in [-0.4, -0.2) is 49.5 Å². The molecule has 1 amide bonds. The Bertz CT molecular complexity index is 860. The number of aryl methyl sites for hydroxylation is 1. The van der Waals surface area contributed by atoms with Gasteiger partial charge in [-0.2, -0.15) is 4.98 Å². The van der Waals surface area contributed by atoms with Crippen LogP contribution in [0.2, 0.25) is 0 Å². The quantitative estimate of drug-likeness (QED) is 0.714. The number of sulfone groups is 1. The molecule has 1 N–H and O–H groups in total. The fourth-order valence-corrected chi connectivity index (χ4v) is 3.76. The lowest BCUT2D eigenvalue weighted by Crippen LogP contribution is -2.31. The van der Waals surface area contributed by atoms with Crippen LogP contribution in [0.1, 0.15) is 29.4 Å². The van der Waals surface area contributed by atoms with Gasteiger partial charge < -0.3 is 14.6 Å². The van der Waals surface area contributed by atoms with Crippen molar-refractivity contribution in [3.63, 3.8) is 0 Å². The molecule has 26 heavy (non-hydrogen) atoms. The van der Waals surface area contributed by atoms with Crippen molar-refractivity contribution in [3.8, 4) is 0 Å². The van der Waals surface area contributed by atoms with Gasteiger partial charge in [0.2, 0.25) is 0 Å². The average molecular weight is 383 g/mol. The Morgan fingerprint density at radius 2 is 2.08 bits per heavy atom. The zero-order valence-corrected chi connectivity index (χ0v) is 14.7. The molecule has 8 nitrogen and oxygen atoms in total. The second-order valence-electron chi connectivity index (χ2n) is 5.88. The van der Waals surface area contributed by atoms with Crippen LogP contribution < -0.4 is 5.32 Å². The second kappa shape index (κ2) is 7.92. The van der Waals surface area contributed by atoms with E-state index in [1.165, 1.54) is 12.1 Å². The van der Waals surface area contributed by atoms with Gasteiger partial charge >= 0.3 is 11.8 Å². The smallest absolute Gasteiger partial charge is 0.315 e. The number of hydrogen-bond acceptors (Lipinski definition) is 7. The van der Waals surface area contributed by atoms with E-state index in [1.807, 2.05) is 0 Å². The molecule has 0 radical (unpaired) electrons. The van der Waals surface area contributed by atoms with Crippen molar-refractivity contribution >= 4 is 15.7 Å². The number of carbonyl (C=O) groups is 1. The van der Waals surface area contributed by atoms with E-state index in [-0.39, 0.29) is 34.9 Å². The monoisotopic (exact) mass is 383 g/mol. The lowest BCUT2D eigenvalue weighted by Gasteiger charge is -2.08. The molecular formula is C16H18FN3O5S. The van der Waals surface area contributed by atoms with Crippen molar-refractivity contribution in [2.45, 2.75) is 30.3 Å². The highest BCUT2D eigenvalue weighted by atomic mass is 32.2. The van der Waals surface area contributed by atoms with Crippen LogP contribution in [-0.2, 0) is 21.0 Å². The molecule has 0 bridgehead atoms. The minimum atomic E-state index is -3.61. The van der Waals surface area contributed by atoms with E-state index in [0.29, 0.717) is 13.2 Å². The average Bonchev–Trinajstić information content (AvgIpc) is 3.30. The van der Waals surface area contributed by atoms with Gasteiger partial charge in [0, 0.05) is 19.6 Å². The fraction of sp³-hybridized carbons (Fsp3) is 0.438. The molecule has 1 saturated heterocycles. The van der Waals surface area contributed by atoms with Gasteiger partial charge in [-0.25, -0.2) is 12.8 Å². The van der Waals surface area contributed by atoms with Crippen molar-refractivity contribution in [2.75, 3.05) is 18.9 Å². The highest BCUT2D eigenvalue weighted by Crippen LogP contribution is 2.13. The van der Waals surface area contributed by atoms with Gasteiger partial charge in [-0.15, -0.1) is 0 Å². The van der Waals surface area contributed by atoms with E-state index >= 15 is 0 Å². The third kappa shape index (κ3) is 4.64. The third-order valence-corrected chi connectivity index (χ3v) is 5.68. The highest BCUT2D eigenvalue weighted by Gasteiger charge is 2.21. The molecule has 1 atom stereocenters. The molecule has 1 fully saturated rings. The molecule has 1 unspecified atom stereocenters. The van der Waals surface area contributed by atoms with Gasteiger partial charge in [-0.05, 0) is 37.1 Å². The van der Waals surface area contributed by atoms with E-state index in [0.717, 1.165) is 25.0 Å². The zero-order chi connectivity index (χ0) is 18.6. The Morgan fingerprint density at radius 3 is 2.77 bits per heavy atom. The number of rotatable bonds is 7. The van der Waals surface area contributed by atoms with Gasteiger partial charge in [0.05, 0.1) is 16.8 Å². The van der Waals surface area contributed by atoms with Crippen LogP contribution in [0.15, 0.2) is 33.7 Å². The van der Waals surface area contributed by atoms with Crippen molar-refractivity contribution in [2.24, 2.45) is 0 Å². The Hall–Kier alpha value is -2.33. The number of benzene rings is 1. The van der Waals surface area contributed by atoms with Crippen molar-refractivity contribution < 1.29 is 26.9 Å². The second-order valence-corrected chi connectivity index (χ2v) is 7.99. The summed E-state index contributed by atoms with van der Waals surface area (Å²) in [5.41, 5.74) is 0. The first-order valence-corrected chi connectivity index (χ1v) is 9.80. The number of hydrogen-bond donors (Lipinski definition) is 1. The topological polar surface area (TPSA) is 111 Å². The molecule has 0 spiro atoms. The summed E-state index contributed by atoms with van der Waals surface area (Å²) in [6.07, 6.45) is 1.81. The number of aromatic nitrogens is 2. The summed E-state index contributed by atoms with van der Waals surface area (Å²) >= 11 is 0. The van der Waals surface area contributed by atoms with Crippen LogP contribution in [0.5, 0.6) is 0 Å². The van der Waals surface area contributed by atoms with Gasteiger partial charge in [-0.3, -0.25) is 4.79 Å². The van der Waals surface area contributed by atoms with Crippen LogP contribution in [0.4, 0.5) is 4.39 Å². The number of nitrogens with one attached hydrogen (secondary N) is 1. The van der Waals surface area contributed by atoms with Gasteiger partial charge in [0.15, 0.2) is 15.7 Å². The summed E-state index contributed by atoms with van der Waals surface area (Å²) in [6.45, 7) is 1.04. The molecule has 2 aromatic rings. The molecule has 10 heteroatoms. The van der Waals surface area contributed by atoms with Crippen LogP contribution >= 0.6 is 0 Å². The Balaban J connectivity index is 1.54. The van der Waals surface area contributed by atoms with Crippen LogP contribution in [0.3, 0.4) is 0 Å². The van der Waals surface area contributed by atoms with Crippen LogP contribution in [0, 0.1) is 5.82 Å². The highest BCUT2D eigenvalue weighted by molar-refractivity contribution is 7.91. The minimum Gasteiger partial charge on any atom is -0.376 e. The standard InChI is InChI=1S/C16H18FN3O5S/c17-11-3-5-13(6-4-11)26(22,23)9-7-14-19-16(25-20-14)15(21)18-10-12-2-1-8-24-12/h3-6,12H,1-2,7-10H2,(H,18,21). The lowest BCUT2D eigenvalue weighted by molar-refractivity contribution is 0.0822. The first-order chi connectivity index (χ1) is 12.4. The van der Waals surface area contributed by atoms with E-state index in [4.69, 9.17) is 9.26 Å². The van der Waals surface area contributed by atoms with Gasteiger partial charge in [0.25, 0.3) is 0 Å². The number of ether oxygens (including phenoxy) is 1. The fourth-order valence-electron chi connectivity index (χ4n) is 2.52. The normalized spacial score (nSPS) is 17.3. The number of carbonyl (C=O) groups excluding carboxylic acids is 1. The summed E-state index contributed by atoms with van der Waals surface area (Å²) in [5.74, 6) is -1.44. The molecule has 140 valence electrons. The minimum absolute atomic E-state index is 0.0110. The van der Waals surface area contributed by atoms with E-state index in [2.05, 4.69) is 15.5 Å². The third-order valence-electron chi connectivity index (χ3n) is 3.94. The summed E-state index contributed by atoms with van der Waals surface area (Å²) in [5, 5.41) is 6.27. The van der Waals surface area contributed by atoms with Gasteiger partial charge in [0.1, 0.15) is 5.82 Å². The number of nitrogens with zero attached hydrogens (tertiary/aromatic N) is 2. The molecule has 1 aromatic carbocycles. The van der Waals surface area contributed by atoms with Crippen molar-refractivity contribution in [1.29, 1.82) is 0 Å². The van der Waals surface area contributed by atoms with E-state index in [1.54, 1.807) is 0 Å². The molecule has 1 aliphatic heterocycles. The maximum Gasteiger partial charge on any atom is 0.315 e. The zero-order valence-electron chi connectivity index (χ0n) is 13.9. The molecule has 0 saturated carbocycles. The van der Waals surface area contributed by atoms with Crippen LogP contribution in [0.25, 0.3) is 0 Å². The van der Waals surface area contributed by atoms with E-state index < -0.39 is 21.6 Å². The Morgan fingerprint density at radius 1 is 1.31 bits per heavy atom. The summed E-state index contributed by atoms with van der Waals surface area (Å²) in [6, 6.07) is 4.56. The molecule has 2 heterocycles. The van der Waals surface area contributed by atoms with Crippen molar-refractivity contribution in [3.05, 3.63) is 41.8 Å². The molecule has 0 aliphatic carbocycles. The first-order valence-electron chi connectivity index (χ1n) is 8.15. The molecule has 1 aromatic heterocycles. The molecular weight excluding hydrogens is 365 g/mol. The van der Waals surface area contributed by atoms with E-state index in [9.17, 15) is 17.6 Å². The summed E-state index contributed by atoms with van der Waals surface area (Å²) in [4.78, 5) is 15.9. The largest absolute Gasteiger partial charge is 0.376 e. The predicted molar refractivity (Wildman–Crippen MR) is 87.8 cm³/mol. The molecule has 3 rings (SSSR count). The van der Waals surface area contributed by atoms with Gasteiger partial charge in [-0.1, -0.05) is 5.16 Å². The van der Waals surface area contributed by atoms with Crippen molar-refractivity contribution in [1.82, 2.24) is 15.5 Å². The summed E-state index contributed by atoms with van der Waals surface area (Å²) < 4.78 is 47.6. The number of amides is 1. The summed E-state index contributed by atoms with van der Waals surface area (Å²) in [7, 11) is -3.61. The Kier molecular flexibility index (Phi) is 5.62. The number of halogens is 1. The Labute approximate surface area is 149 Å². The predicted octanol–water partition coefficient (Wildman–Crippen LogP) is 1.13.